The number of H-pyrrole nitrogens is 1. The molecule has 0 saturated carbocycles. The Morgan fingerprint density at radius 3 is 2.40 bits per heavy atom. The van der Waals surface area contributed by atoms with Crippen molar-refractivity contribution >= 4 is 0 Å². The number of alkyl halides is 3. The number of rotatable bonds is 4. The molecule has 0 amide bonds. The van der Waals surface area contributed by atoms with Crippen molar-refractivity contribution in [3.63, 3.8) is 0 Å². The second-order valence-corrected chi connectivity index (χ2v) is 4.60. The molecule has 3 N–H and O–H groups in total. The van der Waals surface area contributed by atoms with Gasteiger partial charge in [0.2, 0.25) is 0 Å². The highest BCUT2D eigenvalue weighted by atomic mass is 19.4. The fourth-order valence-electron chi connectivity index (χ4n) is 2.00. The van der Waals surface area contributed by atoms with Gasteiger partial charge >= 0.3 is 6.18 Å². The maximum Gasteiger partial charge on any atom is 0.416 e. The van der Waals surface area contributed by atoms with Gasteiger partial charge in [-0.25, -0.2) is 4.98 Å². The fraction of sp³-hybridized carbons (Fsp3) is 0.357. The number of aromatic amines is 1. The van der Waals surface area contributed by atoms with Gasteiger partial charge in [-0.15, -0.1) is 0 Å². The van der Waals surface area contributed by atoms with Crippen LogP contribution in [-0.4, -0.2) is 16.5 Å². The van der Waals surface area contributed by atoms with Gasteiger partial charge in [-0.3, -0.25) is 0 Å². The minimum absolute atomic E-state index is 0.137. The number of hydrogen-bond acceptors (Lipinski definition) is 2. The van der Waals surface area contributed by atoms with Crippen molar-refractivity contribution in [3.05, 3.63) is 41.9 Å². The van der Waals surface area contributed by atoms with Crippen molar-refractivity contribution in [2.75, 3.05) is 6.54 Å². The summed E-state index contributed by atoms with van der Waals surface area (Å²) in [5, 5.41) is 0. The zero-order valence-electron chi connectivity index (χ0n) is 11.0. The van der Waals surface area contributed by atoms with Gasteiger partial charge in [0.15, 0.2) is 0 Å². The van der Waals surface area contributed by atoms with Crippen LogP contribution in [0.1, 0.15) is 30.7 Å². The third kappa shape index (κ3) is 3.01. The Morgan fingerprint density at radius 1 is 1.25 bits per heavy atom. The summed E-state index contributed by atoms with van der Waals surface area (Å²) in [6.45, 7) is 2.49. The first-order valence-electron chi connectivity index (χ1n) is 6.38. The summed E-state index contributed by atoms with van der Waals surface area (Å²) in [5.74, 6) is 0.906. The molecule has 2 aromatic rings. The van der Waals surface area contributed by atoms with Crippen molar-refractivity contribution in [1.29, 1.82) is 0 Å². The van der Waals surface area contributed by atoms with Crippen LogP contribution in [0.15, 0.2) is 30.5 Å². The lowest BCUT2D eigenvalue weighted by atomic mass is 10.1. The molecular weight excluding hydrogens is 267 g/mol. The van der Waals surface area contributed by atoms with E-state index in [0.29, 0.717) is 17.8 Å². The molecule has 20 heavy (non-hydrogen) atoms. The Kier molecular flexibility index (Phi) is 4.13. The number of nitrogens with two attached hydrogens (primary N) is 1. The van der Waals surface area contributed by atoms with Gasteiger partial charge in [-0.2, -0.15) is 13.2 Å². The molecule has 0 spiro atoms. The van der Waals surface area contributed by atoms with Crippen LogP contribution in [0.3, 0.4) is 0 Å². The molecule has 2 rings (SSSR count). The van der Waals surface area contributed by atoms with E-state index in [1.807, 2.05) is 6.92 Å². The van der Waals surface area contributed by atoms with Crippen molar-refractivity contribution in [1.82, 2.24) is 9.97 Å². The average molecular weight is 283 g/mol. The molecule has 0 bridgehead atoms. The molecule has 1 aromatic carbocycles. The standard InChI is InChI=1S/C14H16F3N3/c1-2-9(7-18)13-19-8-12(20-13)10-3-5-11(6-4-10)14(15,16)17/h3-6,8-9H,2,7,18H2,1H3,(H,19,20). The lowest BCUT2D eigenvalue weighted by Crippen LogP contribution is -2.12. The van der Waals surface area contributed by atoms with E-state index in [4.69, 9.17) is 5.73 Å². The van der Waals surface area contributed by atoms with Crippen LogP contribution in [0.2, 0.25) is 0 Å². The Morgan fingerprint density at radius 2 is 1.90 bits per heavy atom. The highest BCUT2D eigenvalue weighted by molar-refractivity contribution is 5.59. The lowest BCUT2D eigenvalue weighted by molar-refractivity contribution is -0.137. The Bertz CT molecular complexity index is 554. The molecule has 6 heteroatoms. The van der Waals surface area contributed by atoms with Gasteiger partial charge in [0.25, 0.3) is 0 Å². The van der Waals surface area contributed by atoms with Crippen molar-refractivity contribution < 1.29 is 13.2 Å². The lowest BCUT2D eigenvalue weighted by Gasteiger charge is -2.08. The molecule has 1 unspecified atom stereocenters. The predicted molar refractivity (Wildman–Crippen MR) is 71.1 cm³/mol. The van der Waals surface area contributed by atoms with Crippen LogP contribution in [-0.2, 0) is 6.18 Å². The van der Waals surface area contributed by atoms with Gasteiger partial charge in [-0.05, 0) is 24.1 Å². The number of nitrogens with zero attached hydrogens (tertiary/aromatic N) is 1. The molecule has 3 nitrogen and oxygen atoms in total. The molecule has 0 aliphatic carbocycles. The smallest absolute Gasteiger partial charge is 0.342 e. The van der Waals surface area contributed by atoms with E-state index in [-0.39, 0.29) is 5.92 Å². The van der Waals surface area contributed by atoms with E-state index in [2.05, 4.69) is 9.97 Å². The monoisotopic (exact) mass is 283 g/mol. The number of nitrogens with one attached hydrogen (secondary N) is 1. The molecule has 0 fully saturated rings. The number of hydrogen-bond donors (Lipinski definition) is 2. The van der Waals surface area contributed by atoms with Crippen LogP contribution < -0.4 is 5.73 Å². The largest absolute Gasteiger partial charge is 0.416 e. The number of imidazole rings is 1. The van der Waals surface area contributed by atoms with Gasteiger partial charge in [0.1, 0.15) is 5.82 Å². The predicted octanol–water partition coefficient (Wildman–Crippen LogP) is 3.55. The molecule has 0 saturated heterocycles. The molecule has 108 valence electrons. The summed E-state index contributed by atoms with van der Waals surface area (Å²) in [6.07, 6.45) is -1.84. The highest BCUT2D eigenvalue weighted by Gasteiger charge is 2.30. The second kappa shape index (κ2) is 5.66. The molecular formula is C14H16F3N3. The second-order valence-electron chi connectivity index (χ2n) is 4.60. The Labute approximate surface area is 115 Å². The van der Waals surface area contributed by atoms with Crippen LogP contribution in [0.25, 0.3) is 11.3 Å². The summed E-state index contributed by atoms with van der Waals surface area (Å²) >= 11 is 0. The molecule has 1 heterocycles. The van der Waals surface area contributed by atoms with Gasteiger partial charge in [-0.1, -0.05) is 19.1 Å². The van der Waals surface area contributed by atoms with Crippen molar-refractivity contribution in [2.24, 2.45) is 5.73 Å². The van der Waals surface area contributed by atoms with Gasteiger partial charge in [0, 0.05) is 12.5 Å². The zero-order valence-corrected chi connectivity index (χ0v) is 11.0. The highest BCUT2D eigenvalue weighted by Crippen LogP contribution is 2.30. The SMILES string of the molecule is CCC(CN)c1ncc(-c2ccc(C(F)(F)F)cc2)[nH]1. The molecule has 0 radical (unpaired) electrons. The Balaban J connectivity index is 2.24. The molecule has 0 aliphatic heterocycles. The summed E-state index contributed by atoms with van der Waals surface area (Å²) in [4.78, 5) is 7.37. The number of aromatic nitrogens is 2. The third-order valence-corrected chi connectivity index (χ3v) is 3.28. The fourth-order valence-corrected chi connectivity index (χ4v) is 2.00. The molecule has 1 atom stereocenters. The first-order chi connectivity index (χ1) is 9.45. The maximum atomic E-state index is 12.5. The van der Waals surface area contributed by atoms with Crippen molar-refractivity contribution in [3.8, 4) is 11.3 Å². The summed E-state index contributed by atoms with van der Waals surface area (Å²) in [7, 11) is 0. The first-order valence-corrected chi connectivity index (χ1v) is 6.38. The number of benzene rings is 1. The maximum absolute atomic E-state index is 12.5. The van der Waals surface area contributed by atoms with Crippen LogP contribution in [0.5, 0.6) is 0 Å². The minimum atomic E-state index is -4.31. The Hall–Kier alpha value is -1.82. The average Bonchev–Trinajstić information content (AvgIpc) is 2.89. The topological polar surface area (TPSA) is 54.7 Å². The first kappa shape index (κ1) is 14.6. The zero-order chi connectivity index (χ0) is 14.8. The third-order valence-electron chi connectivity index (χ3n) is 3.28. The van der Waals surface area contributed by atoms with Crippen LogP contribution in [0.4, 0.5) is 13.2 Å². The van der Waals surface area contributed by atoms with Gasteiger partial charge in [0.05, 0.1) is 17.5 Å². The van der Waals surface area contributed by atoms with E-state index in [0.717, 1.165) is 24.4 Å². The normalized spacial score (nSPS) is 13.4. The molecule has 0 aliphatic rings. The van der Waals surface area contributed by atoms with Crippen LogP contribution >= 0.6 is 0 Å². The molecule has 1 aromatic heterocycles. The van der Waals surface area contributed by atoms with E-state index in [9.17, 15) is 13.2 Å². The minimum Gasteiger partial charge on any atom is -0.342 e. The summed E-state index contributed by atoms with van der Waals surface area (Å²) < 4.78 is 37.5. The van der Waals surface area contributed by atoms with Crippen LogP contribution in [0, 0.1) is 0 Å². The van der Waals surface area contributed by atoms with E-state index in [1.165, 1.54) is 12.1 Å². The van der Waals surface area contributed by atoms with E-state index < -0.39 is 11.7 Å². The van der Waals surface area contributed by atoms with Gasteiger partial charge < -0.3 is 10.7 Å². The summed E-state index contributed by atoms with van der Waals surface area (Å²) in [6, 6.07) is 5.00. The van der Waals surface area contributed by atoms with Crippen molar-refractivity contribution in [2.45, 2.75) is 25.4 Å². The quantitative estimate of drug-likeness (QED) is 0.901. The van der Waals surface area contributed by atoms with E-state index >= 15 is 0 Å². The van der Waals surface area contributed by atoms with E-state index in [1.54, 1.807) is 6.20 Å². The summed E-state index contributed by atoms with van der Waals surface area (Å²) in [5.41, 5.74) is 6.35. The number of halogens is 3.